The van der Waals surface area contributed by atoms with Crippen molar-refractivity contribution in [1.29, 1.82) is 0 Å². The van der Waals surface area contributed by atoms with Gasteiger partial charge in [-0.2, -0.15) is 5.21 Å². The van der Waals surface area contributed by atoms with Gasteiger partial charge in [-0.15, -0.1) is 10.2 Å². The minimum Gasteiger partial charge on any atom is -0.350 e. The first-order valence-electron chi connectivity index (χ1n) is 7.97. The van der Waals surface area contributed by atoms with Crippen LogP contribution in [0.2, 0.25) is 0 Å². The number of rotatable bonds is 5. The van der Waals surface area contributed by atoms with Crippen LogP contribution in [0.4, 0.5) is 0 Å². The number of amides is 1. The lowest BCUT2D eigenvalue weighted by atomic mass is 9.85. The molecule has 22 heavy (non-hydrogen) atoms. The fraction of sp³-hybridized carbons (Fsp3) is 0.600. The highest BCUT2D eigenvalue weighted by Crippen LogP contribution is 2.39. The summed E-state index contributed by atoms with van der Waals surface area (Å²) < 4.78 is 2.09. The van der Waals surface area contributed by atoms with Gasteiger partial charge in [-0.25, -0.2) is 0 Å². The summed E-state index contributed by atoms with van der Waals surface area (Å²) in [4.78, 5) is 12.5. The Bertz CT molecular complexity index is 651. The van der Waals surface area contributed by atoms with Crippen molar-refractivity contribution in [2.75, 3.05) is 6.54 Å². The molecule has 2 aliphatic carbocycles. The van der Waals surface area contributed by atoms with Crippen molar-refractivity contribution in [3.63, 3.8) is 0 Å². The molecule has 1 amide bonds. The number of aromatic amines is 1. The first kappa shape index (κ1) is 13.5. The van der Waals surface area contributed by atoms with Gasteiger partial charge in [0.2, 0.25) is 0 Å². The van der Waals surface area contributed by atoms with Crippen LogP contribution in [0.25, 0.3) is 0 Å². The number of carbonyl (C=O) groups is 1. The lowest BCUT2D eigenvalue weighted by Crippen LogP contribution is -2.40. The quantitative estimate of drug-likeness (QED) is 0.877. The first-order chi connectivity index (χ1) is 10.8. The molecule has 2 fully saturated rings. The summed E-state index contributed by atoms with van der Waals surface area (Å²) in [5.74, 6) is 0.717. The highest BCUT2D eigenvalue weighted by molar-refractivity contribution is 5.92. The van der Waals surface area contributed by atoms with Gasteiger partial charge in [-0.1, -0.05) is 18.1 Å². The SMILES string of the molecule is O=C(NCC1(c2nn[nH]n2)CCCC1)c1cccn1C1CC1. The molecule has 2 N–H and O–H groups in total. The van der Waals surface area contributed by atoms with Crippen molar-refractivity contribution >= 4 is 5.91 Å². The molecular weight excluding hydrogens is 280 g/mol. The van der Waals surface area contributed by atoms with Crippen molar-refractivity contribution in [1.82, 2.24) is 30.5 Å². The van der Waals surface area contributed by atoms with Gasteiger partial charge in [0.1, 0.15) is 5.69 Å². The van der Waals surface area contributed by atoms with Gasteiger partial charge in [-0.05, 0) is 37.8 Å². The van der Waals surface area contributed by atoms with E-state index in [-0.39, 0.29) is 11.3 Å². The van der Waals surface area contributed by atoms with Gasteiger partial charge in [0, 0.05) is 18.8 Å². The summed E-state index contributed by atoms with van der Waals surface area (Å²) in [5.41, 5.74) is 0.586. The van der Waals surface area contributed by atoms with Gasteiger partial charge in [0.25, 0.3) is 5.91 Å². The molecule has 4 rings (SSSR count). The van der Waals surface area contributed by atoms with Crippen LogP contribution in [0.5, 0.6) is 0 Å². The van der Waals surface area contributed by atoms with E-state index in [2.05, 4.69) is 30.5 Å². The molecule has 0 aromatic carbocycles. The summed E-state index contributed by atoms with van der Waals surface area (Å²) in [5, 5.41) is 17.6. The molecular formula is C15H20N6O. The molecule has 0 unspecified atom stereocenters. The highest BCUT2D eigenvalue weighted by atomic mass is 16.1. The van der Waals surface area contributed by atoms with Crippen LogP contribution in [0, 0.1) is 0 Å². The average molecular weight is 300 g/mol. The first-order valence-corrected chi connectivity index (χ1v) is 7.97. The van der Waals surface area contributed by atoms with Gasteiger partial charge < -0.3 is 9.88 Å². The topological polar surface area (TPSA) is 88.5 Å². The zero-order chi connectivity index (χ0) is 15.0. The molecule has 7 heteroatoms. The molecule has 7 nitrogen and oxygen atoms in total. The predicted octanol–water partition coefficient (Wildman–Crippen LogP) is 1.58. The molecule has 2 aromatic heterocycles. The van der Waals surface area contributed by atoms with Crippen LogP contribution in [0.3, 0.4) is 0 Å². The van der Waals surface area contributed by atoms with E-state index >= 15 is 0 Å². The van der Waals surface area contributed by atoms with Crippen molar-refractivity contribution in [3.05, 3.63) is 29.8 Å². The van der Waals surface area contributed by atoms with Crippen molar-refractivity contribution in [3.8, 4) is 0 Å². The summed E-state index contributed by atoms with van der Waals surface area (Å²) in [6, 6.07) is 4.34. The predicted molar refractivity (Wildman–Crippen MR) is 79.4 cm³/mol. The van der Waals surface area contributed by atoms with Crippen LogP contribution < -0.4 is 5.32 Å². The van der Waals surface area contributed by atoms with E-state index in [1.54, 1.807) is 0 Å². The standard InChI is InChI=1S/C15H20N6O/c22-13(12-4-3-9-21(12)11-5-6-11)16-10-15(7-1-2-8-15)14-17-19-20-18-14/h3-4,9,11H,1-2,5-8,10H2,(H,16,22)(H,17,18,19,20). The van der Waals surface area contributed by atoms with Gasteiger partial charge in [0.15, 0.2) is 5.82 Å². The van der Waals surface area contributed by atoms with E-state index < -0.39 is 0 Å². The van der Waals surface area contributed by atoms with Crippen molar-refractivity contribution in [2.24, 2.45) is 0 Å². The second-order valence-electron chi connectivity index (χ2n) is 6.44. The van der Waals surface area contributed by atoms with E-state index in [1.807, 2.05) is 18.3 Å². The second-order valence-corrected chi connectivity index (χ2v) is 6.44. The Morgan fingerprint density at radius 1 is 1.41 bits per heavy atom. The number of nitrogens with one attached hydrogen (secondary N) is 2. The fourth-order valence-corrected chi connectivity index (χ4v) is 3.52. The monoisotopic (exact) mass is 300 g/mol. The number of hydrogen-bond donors (Lipinski definition) is 2. The molecule has 0 bridgehead atoms. The van der Waals surface area contributed by atoms with Gasteiger partial charge >= 0.3 is 0 Å². The lowest BCUT2D eigenvalue weighted by molar-refractivity contribution is 0.0932. The van der Waals surface area contributed by atoms with Crippen LogP contribution in [0.1, 0.15) is 60.9 Å². The van der Waals surface area contributed by atoms with E-state index in [4.69, 9.17) is 0 Å². The summed E-state index contributed by atoms with van der Waals surface area (Å²) in [6.45, 7) is 0.571. The number of aromatic nitrogens is 5. The molecule has 0 atom stereocenters. The Balaban J connectivity index is 1.49. The van der Waals surface area contributed by atoms with Crippen LogP contribution >= 0.6 is 0 Å². The maximum atomic E-state index is 12.5. The molecule has 2 aromatic rings. The van der Waals surface area contributed by atoms with E-state index in [0.29, 0.717) is 12.6 Å². The Kier molecular flexibility index (Phi) is 3.20. The Hall–Kier alpha value is -2.18. The minimum absolute atomic E-state index is 0.00771. The third-order valence-electron chi connectivity index (χ3n) is 4.92. The molecule has 2 aliphatic rings. The number of H-pyrrole nitrogens is 1. The third kappa shape index (κ3) is 2.30. The Morgan fingerprint density at radius 3 is 2.91 bits per heavy atom. The van der Waals surface area contributed by atoms with Crippen LogP contribution in [-0.2, 0) is 5.41 Å². The lowest BCUT2D eigenvalue weighted by Gasteiger charge is -2.25. The number of nitrogens with zero attached hydrogens (tertiary/aromatic N) is 4. The summed E-state index contributed by atoms with van der Waals surface area (Å²) >= 11 is 0. The minimum atomic E-state index is -0.167. The normalized spacial score (nSPS) is 20.2. The van der Waals surface area contributed by atoms with Gasteiger partial charge in [0.05, 0.1) is 5.41 Å². The van der Waals surface area contributed by atoms with E-state index in [0.717, 1.165) is 37.2 Å². The summed E-state index contributed by atoms with van der Waals surface area (Å²) in [6.07, 6.45) is 8.61. The number of tetrazole rings is 1. The number of carbonyl (C=O) groups excluding carboxylic acids is 1. The molecule has 2 saturated carbocycles. The maximum absolute atomic E-state index is 12.5. The molecule has 0 radical (unpaired) electrons. The van der Waals surface area contributed by atoms with Gasteiger partial charge in [-0.3, -0.25) is 4.79 Å². The molecule has 0 spiro atoms. The summed E-state index contributed by atoms with van der Waals surface area (Å²) in [7, 11) is 0. The van der Waals surface area contributed by atoms with Crippen LogP contribution in [-0.4, -0.2) is 37.6 Å². The molecule has 0 aliphatic heterocycles. The Morgan fingerprint density at radius 2 is 2.23 bits per heavy atom. The maximum Gasteiger partial charge on any atom is 0.267 e. The largest absolute Gasteiger partial charge is 0.350 e. The van der Waals surface area contributed by atoms with Crippen LogP contribution in [0.15, 0.2) is 18.3 Å². The molecule has 116 valence electrons. The average Bonchev–Trinajstić information content (AvgIpc) is 3.03. The zero-order valence-electron chi connectivity index (χ0n) is 12.5. The van der Waals surface area contributed by atoms with Crippen molar-refractivity contribution < 1.29 is 4.79 Å². The Labute approximate surface area is 128 Å². The van der Waals surface area contributed by atoms with E-state index in [1.165, 1.54) is 12.8 Å². The zero-order valence-corrected chi connectivity index (χ0v) is 12.5. The van der Waals surface area contributed by atoms with Crippen molar-refractivity contribution in [2.45, 2.75) is 50.0 Å². The van der Waals surface area contributed by atoms with E-state index in [9.17, 15) is 4.79 Å². The fourth-order valence-electron chi connectivity index (χ4n) is 3.52. The molecule has 2 heterocycles. The number of hydrogen-bond acceptors (Lipinski definition) is 4. The highest BCUT2D eigenvalue weighted by Gasteiger charge is 2.40. The third-order valence-corrected chi connectivity index (χ3v) is 4.92. The molecule has 0 saturated heterocycles. The second kappa shape index (κ2) is 5.23. The smallest absolute Gasteiger partial charge is 0.267 e.